The lowest BCUT2D eigenvalue weighted by Gasteiger charge is -2.35. The first-order valence-corrected chi connectivity index (χ1v) is 7.35. The van der Waals surface area contributed by atoms with Gasteiger partial charge in [0.25, 0.3) is 0 Å². The summed E-state index contributed by atoms with van der Waals surface area (Å²) in [6, 6.07) is 5.72. The highest BCUT2D eigenvalue weighted by molar-refractivity contribution is 7.80. The summed E-state index contributed by atoms with van der Waals surface area (Å²) in [6.07, 6.45) is 2.35. The van der Waals surface area contributed by atoms with E-state index in [9.17, 15) is 4.39 Å². The zero-order chi connectivity index (χ0) is 14.7. The molecule has 110 valence electrons. The third-order valence-corrected chi connectivity index (χ3v) is 4.21. The van der Waals surface area contributed by atoms with Gasteiger partial charge in [-0.1, -0.05) is 18.3 Å². The zero-order valence-electron chi connectivity index (χ0n) is 12.1. The van der Waals surface area contributed by atoms with Crippen molar-refractivity contribution in [2.45, 2.75) is 25.4 Å². The molecule has 0 spiro atoms. The minimum atomic E-state index is -0.340. The Balaban J connectivity index is 1.98. The molecule has 0 amide bonds. The maximum atomic E-state index is 13.6. The molecular weight excluding hydrogens is 273 g/mol. The van der Waals surface area contributed by atoms with Gasteiger partial charge in [-0.2, -0.15) is 0 Å². The maximum Gasteiger partial charge on any atom is 0.133 e. The Bertz CT molecular complexity index is 482. The fourth-order valence-electron chi connectivity index (χ4n) is 2.71. The van der Waals surface area contributed by atoms with E-state index in [4.69, 9.17) is 18.0 Å². The summed E-state index contributed by atoms with van der Waals surface area (Å²) in [7, 11) is 4.27. The van der Waals surface area contributed by atoms with Crippen molar-refractivity contribution in [3.05, 3.63) is 35.1 Å². The molecule has 5 heteroatoms. The number of benzene rings is 1. The molecule has 0 bridgehead atoms. The van der Waals surface area contributed by atoms with Crippen molar-refractivity contribution in [2.75, 3.05) is 27.2 Å². The molecule has 1 heterocycles. The molecule has 0 radical (unpaired) electrons. The van der Waals surface area contributed by atoms with Gasteiger partial charge in [0.05, 0.1) is 0 Å². The molecular formula is C15H22FN3S. The number of hydrogen-bond donors (Lipinski definition) is 1. The first-order valence-electron chi connectivity index (χ1n) is 6.94. The summed E-state index contributed by atoms with van der Waals surface area (Å²) in [5, 5.41) is 0. The fraction of sp³-hybridized carbons (Fsp3) is 0.533. The van der Waals surface area contributed by atoms with Crippen LogP contribution in [-0.4, -0.2) is 48.0 Å². The van der Waals surface area contributed by atoms with E-state index in [0.29, 0.717) is 11.6 Å². The molecule has 2 N–H and O–H groups in total. The summed E-state index contributed by atoms with van der Waals surface area (Å²) in [5.74, 6) is -0.340. The summed E-state index contributed by atoms with van der Waals surface area (Å²) >= 11 is 4.88. The van der Waals surface area contributed by atoms with Crippen molar-refractivity contribution < 1.29 is 4.39 Å². The number of nitrogens with zero attached hydrogens (tertiary/aromatic N) is 2. The molecule has 3 nitrogen and oxygen atoms in total. The smallest absolute Gasteiger partial charge is 0.133 e. The van der Waals surface area contributed by atoms with Crippen LogP contribution in [0.2, 0.25) is 0 Å². The monoisotopic (exact) mass is 295 g/mol. The van der Waals surface area contributed by atoms with Gasteiger partial charge in [-0.15, -0.1) is 0 Å². The van der Waals surface area contributed by atoms with Gasteiger partial charge in [0.15, 0.2) is 0 Å². The molecule has 20 heavy (non-hydrogen) atoms. The van der Waals surface area contributed by atoms with Crippen LogP contribution in [-0.2, 0) is 6.54 Å². The molecule has 2 rings (SSSR count). The average Bonchev–Trinajstić information content (AvgIpc) is 2.41. The van der Waals surface area contributed by atoms with Crippen LogP contribution in [0.4, 0.5) is 4.39 Å². The molecule has 0 aromatic heterocycles. The minimum absolute atomic E-state index is 0.121. The SMILES string of the molecule is CN(C)C1CCN(Cc2ccc(F)c(C(N)=S)c2)CC1. The second-order valence-corrected chi connectivity index (χ2v) is 6.09. The lowest BCUT2D eigenvalue weighted by molar-refractivity contribution is 0.140. The highest BCUT2D eigenvalue weighted by Crippen LogP contribution is 2.18. The zero-order valence-corrected chi connectivity index (χ0v) is 12.9. The highest BCUT2D eigenvalue weighted by atomic mass is 32.1. The molecule has 0 unspecified atom stereocenters. The standard InChI is InChI=1S/C15H22FN3S/c1-18(2)12-5-7-19(8-6-12)10-11-3-4-14(16)13(9-11)15(17)20/h3-4,9,12H,5-8,10H2,1-2H3,(H2,17,20). The predicted molar refractivity (Wildman–Crippen MR) is 84.3 cm³/mol. The third kappa shape index (κ3) is 3.75. The van der Waals surface area contributed by atoms with Gasteiger partial charge < -0.3 is 10.6 Å². The quantitative estimate of drug-likeness (QED) is 0.861. The van der Waals surface area contributed by atoms with Crippen LogP contribution >= 0.6 is 12.2 Å². The van der Waals surface area contributed by atoms with Gasteiger partial charge in [-0.05, 0) is 57.7 Å². The van der Waals surface area contributed by atoms with E-state index < -0.39 is 0 Å². The minimum Gasteiger partial charge on any atom is -0.389 e. The van der Waals surface area contributed by atoms with E-state index in [1.165, 1.54) is 18.9 Å². The van der Waals surface area contributed by atoms with Crippen LogP contribution in [0, 0.1) is 5.82 Å². The van der Waals surface area contributed by atoms with E-state index in [-0.39, 0.29) is 10.8 Å². The molecule has 0 atom stereocenters. The Labute approximate surface area is 125 Å². The third-order valence-electron chi connectivity index (χ3n) is 3.99. The van der Waals surface area contributed by atoms with Crippen molar-refractivity contribution in [3.63, 3.8) is 0 Å². The molecule has 1 aliphatic heterocycles. The second-order valence-electron chi connectivity index (χ2n) is 5.65. The number of hydrogen-bond acceptors (Lipinski definition) is 3. The molecule has 0 aliphatic carbocycles. The molecule has 1 fully saturated rings. The second kappa shape index (κ2) is 6.61. The van der Waals surface area contributed by atoms with E-state index in [0.717, 1.165) is 25.2 Å². The fourth-order valence-corrected chi connectivity index (χ4v) is 2.87. The summed E-state index contributed by atoms with van der Waals surface area (Å²) in [6.45, 7) is 2.97. The van der Waals surface area contributed by atoms with Crippen LogP contribution in [0.15, 0.2) is 18.2 Å². The first kappa shape index (κ1) is 15.4. The van der Waals surface area contributed by atoms with Gasteiger partial charge in [0, 0.05) is 18.2 Å². The predicted octanol–water partition coefficient (Wildman–Crippen LogP) is 1.99. The Morgan fingerprint density at radius 2 is 2.05 bits per heavy atom. The van der Waals surface area contributed by atoms with Crippen LogP contribution < -0.4 is 5.73 Å². The lowest BCUT2D eigenvalue weighted by atomic mass is 10.0. The Morgan fingerprint density at radius 1 is 1.40 bits per heavy atom. The maximum absolute atomic E-state index is 13.6. The molecule has 1 aliphatic rings. The lowest BCUT2D eigenvalue weighted by Crippen LogP contribution is -2.41. The van der Waals surface area contributed by atoms with Crippen LogP contribution in [0.1, 0.15) is 24.0 Å². The van der Waals surface area contributed by atoms with Gasteiger partial charge >= 0.3 is 0 Å². The van der Waals surface area contributed by atoms with E-state index >= 15 is 0 Å². The number of nitrogens with two attached hydrogens (primary N) is 1. The normalized spacial score (nSPS) is 17.6. The van der Waals surface area contributed by atoms with Gasteiger partial charge in [0.1, 0.15) is 10.8 Å². The number of piperidine rings is 1. The van der Waals surface area contributed by atoms with E-state index in [2.05, 4.69) is 23.9 Å². The Morgan fingerprint density at radius 3 is 2.60 bits per heavy atom. The van der Waals surface area contributed by atoms with Crippen molar-refractivity contribution in [1.29, 1.82) is 0 Å². The molecule has 1 aromatic carbocycles. The van der Waals surface area contributed by atoms with E-state index in [1.54, 1.807) is 6.07 Å². The molecule has 1 saturated heterocycles. The van der Waals surface area contributed by atoms with Crippen molar-refractivity contribution >= 4 is 17.2 Å². The topological polar surface area (TPSA) is 32.5 Å². The summed E-state index contributed by atoms with van der Waals surface area (Å²) < 4.78 is 13.6. The number of likely N-dealkylation sites (tertiary alicyclic amines) is 1. The number of rotatable bonds is 4. The summed E-state index contributed by atoms with van der Waals surface area (Å²) in [4.78, 5) is 4.81. The molecule has 1 aromatic rings. The van der Waals surface area contributed by atoms with Crippen LogP contribution in [0.5, 0.6) is 0 Å². The average molecular weight is 295 g/mol. The van der Waals surface area contributed by atoms with Gasteiger partial charge in [-0.3, -0.25) is 4.90 Å². The van der Waals surface area contributed by atoms with Crippen LogP contribution in [0.3, 0.4) is 0 Å². The van der Waals surface area contributed by atoms with Gasteiger partial charge in [-0.25, -0.2) is 4.39 Å². The van der Waals surface area contributed by atoms with Gasteiger partial charge in [0.2, 0.25) is 0 Å². The largest absolute Gasteiger partial charge is 0.389 e. The van der Waals surface area contributed by atoms with Crippen LogP contribution in [0.25, 0.3) is 0 Å². The summed E-state index contributed by atoms with van der Waals surface area (Å²) in [5.41, 5.74) is 6.96. The Kier molecular flexibility index (Phi) is 5.07. The Hall–Kier alpha value is -1.04. The number of thiocarbonyl (C=S) groups is 1. The van der Waals surface area contributed by atoms with Crippen molar-refractivity contribution in [2.24, 2.45) is 5.73 Å². The van der Waals surface area contributed by atoms with Crippen molar-refractivity contribution in [3.8, 4) is 0 Å². The highest BCUT2D eigenvalue weighted by Gasteiger charge is 2.20. The van der Waals surface area contributed by atoms with E-state index in [1.807, 2.05) is 6.07 Å². The van der Waals surface area contributed by atoms with Crippen molar-refractivity contribution in [1.82, 2.24) is 9.80 Å². The first-order chi connectivity index (χ1) is 9.47. The number of halogens is 1. The molecule has 0 saturated carbocycles.